The van der Waals surface area contributed by atoms with E-state index in [-0.39, 0.29) is 5.75 Å². The molecule has 0 spiro atoms. The number of phenols is 1. The molecule has 0 fully saturated rings. The first-order chi connectivity index (χ1) is 12.0. The van der Waals surface area contributed by atoms with Crippen molar-refractivity contribution in [2.24, 2.45) is 0 Å². The number of ether oxygens (including phenoxy) is 1. The summed E-state index contributed by atoms with van der Waals surface area (Å²) in [6, 6.07) is 13.9. The van der Waals surface area contributed by atoms with E-state index in [1.54, 1.807) is 6.07 Å². The fraction of sp³-hybridized carbons (Fsp3) is 0.217. The lowest BCUT2D eigenvalue weighted by atomic mass is 9.94. The number of hydrogen-bond donors (Lipinski definition) is 1. The standard InChI is InChI=1S/C23H24O2/c1-17(2)11-13-23(3)14-12-20-21(24)15-19(16-22(20)25-23)10-9-18-7-5-4-6-8-18/h4-12,14-16,24H,13H2,1-3H3/b10-9+. The van der Waals surface area contributed by atoms with Crippen LogP contribution in [0.2, 0.25) is 0 Å². The highest BCUT2D eigenvalue weighted by molar-refractivity contribution is 5.75. The van der Waals surface area contributed by atoms with E-state index in [2.05, 4.69) is 26.8 Å². The van der Waals surface area contributed by atoms with Crippen LogP contribution in [0.1, 0.15) is 43.9 Å². The van der Waals surface area contributed by atoms with Gasteiger partial charge in [0.2, 0.25) is 0 Å². The molecule has 1 atom stereocenters. The van der Waals surface area contributed by atoms with E-state index in [0.29, 0.717) is 0 Å². The molecule has 128 valence electrons. The fourth-order valence-electron chi connectivity index (χ4n) is 2.80. The van der Waals surface area contributed by atoms with Gasteiger partial charge in [-0.15, -0.1) is 0 Å². The smallest absolute Gasteiger partial charge is 0.132 e. The minimum Gasteiger partial charge on any atom is -0.507 e. The lowest BCUT2D eigenvalue weighted by Gasteiger charge is -2.31. The lowest BCUT2D eigenvalue weighted by Crippen LogP contribution is -2.31. The maximum atomic E-state index is 10.3. The van der Waals surface area contributed by atoms with Crippen LogP contribution in [0.25, 0.3) is 18.2 Å². The fourth-order valence-corrected chi connectivity index (χ4v) is 2.80. The minimum atomic E-state index is -0.390. The predicted molar refractivity (Wildman–Crippen MR) is 106 cm³/mol. The first-order valence-electron chi connectivity index (χ1n) is 8.57. The first kappa shape index (κ1) is 17.1. The molecule has 1 N–H and O–H groups in total. The minimum absolute atomic E-state index is 0.241. The van der Waals surface area contributed by atoms with Gasteiger partial charge in [0.25, 0.3) is 0 Å². The van der Waals surface area contributed by atoms with Crippen molar-refractivity contribution in [2.45, 2.75) is 32.8 Å². The van der Waals surface area contributed by atoms with Gasteiger partial charge in [-0.1, -0.05) is 54.1 Å². The Bertz CT molecular complexity index is 840. The Morgan fingerprint density at radius 3 is 2.52 bits per heavy atom. The van der Waals surface area contributed by atoms with E-state index in [1.165, 1.54) is 5.57 Å². The van der Waals surface area contributed by atoms with Crippen LogP contribution in [0.4, 0.5) is 0 Å². The van der Waals surface area contributed by atoms with Crippen LogP contribution in [-0.4, -0.2) is 10.7 Å². The molecule has 25 heavy (non-hydrogen) atoms. The van der Waals surface area contributed by atoms with Crippen molar-refractivity contribution in [3.05, 3.63) is 76.9 Å². The second kappa shape index (κ2) is 7.02. The molecular formula is C23H24O2. The molecule has 1 unspecified atom stereocenters. The van der Waals surface area contributed by atoms with Crippen molar-refractivity contribution in [1.82, 2.24) is 0 Å². The van der Waals surface area contributed by atoms with Gasteiger partial charge in [0.05, 0.1) is 5.56 Å². The third-order valence-corrected chi connectivity index (χ3v) is 4.27. The number of aromatic hydroxyl groups is 1. The van der Waals surface area contributed by atoms with Gasteiger partial charge in [0.15, 0.2) is 0 Å². The van der Waals surface area contributed by atoms with Crippen LogP contribution in [-0.2, 0) is 0 Å². The number of fused-ring (bicyclic) bond motifs is 1. The number of hydrogen-bond acceptors (Lipinski definition) is 2. The largest absolute Gasteiger partial charge is 0.507 e. The zero-order valence-corrected chi connectivity index (χ0v) is 15.0. The van der Waals surface area contributed by atoms with Crippen molar-refractivity contribution in [2.75, 3.05) is 0 Å². The van der Waals surface area contributed by atoms with Crippen LogP contribution < -0.4 is 4.74 Å². The molecule has 2 heteroatoms. The topological polar surface area (TPSA) is 29.5 Å². The van der Waals surface area contributed by atoms with Gasteiger partial charge in [-0.2, -0.15) is 0 Å². The predicted octanol–water partition coefficient (Wildman–Crippen LogP) is 6.08. The average Bonchev–Trinajstić information content (AvgIpc) is 2.59. The normalized spacial score (nSPS) is 18.7. The van der Waals surface area contributed by atoms with Crippen molar-refractivity contribution in [3.63, 3.8) is 0 Å². The van der Waals surface area contributed by atoms with Crippen molar-refractivity contribution in [1.29, 1.82) is 0 Å². The summed E-state index contributed by atoms with van der Waals surface area (Å²) in [5.74, 6) is 0.964. The van der Waals surface area contributed by atoms with Gasteiger partial charge in [-0.3, -0.25) is 0 Å². The van der Waals surface area contributed by atoms with Crippen molar-refractivity contribution in [3.8, 4) is 11.5 Å². The Hall–Kier alpha value is -2.74. The summed E-state index contributed by atoms with van der Waals surface area (Å²) in [7, 11) is 0. The molecule has 0 saturated heterocycles. The summed E-state index contributed by atoms with van der Waals surface area (Å²) >= 11 is 0. The second-order valence-electron chi connectivity index (χ2n) is 6.93. The van der Waals surface area contributed by atoms with E-state index in [9.17, 15) is 5.11 Å². The van der Waals surface area contributed by atoms with E-state index in [4.69, 9.17) is 4.74 Å². The zero-order valence-electron chi connectivity index (χ0n) is 15.0. The molecule has 2 aromatic rings. The molecule has 2 aromatic carbocycles. The van der Waals surface area contributed by atoms with Gasteiger partial charge >= 0.3 is 0 Å². The van der Waals surface area contributed by atoms with Gasteiger partial charge in [0, 0.05) is 6.42 Å². The Morgan fingerprint density at radius 2 is 1.80 bits per heavy atom. The summed E-state index contributed by atoms with van der Waals surface area (Å²) in [5.41, 5.74) is 3.66. The average molecular weight is 332 g/mol. The molecule has 0 amide bonds. The van der Waals surface area contributed by atoms with Gasteiger partial charge in [0.1, 0.15) is 17.1 Å². The number of rotatable bonds is 4. The summed E-state index contributed by atoms with van der Waals surface area (Å²) < 4.78 is 6.22. The number of phenolic OH excluding ortho intramolecular Hbond substituents is 1. The zero-order chi connectivity index (χ0) is 17.9. The monoisotopic (exact) mass is 332 g/mol. The third-order valence-electron chi connectivity index (χ3n) is 4.27. The van der Waals surface area contributed by atoms with E-state index in [1.807, 2.05) is 60.7 Å². The SMILES string of the molecule is CC(C)=CCC1(C)C=Cc2c(O)cc(/C=C/c3ccccc3)cc2O1. The Labute approximate surface area is 149 Å². The van der Waals surface area contributed by atoms with Crippen LogP contribution in [0.5, 0.6) is 11.5 Å². The van der Waals surface area contributed by atoms with Crippen LogP contribution in [0.15, 0.2) is 60.2 Å². The van der Waals surface area contributed by atoms with Crippen molar-refractivity contribution >= 4 is 18.2 Å². The molecule has 1 aliphatic heterocycles. The molecule has 1 heterocycles. The van der Waals surface area contributed by atoms with E-state index < -0.39 is 5.60 Å². The van der Waals surface area contributed by atoms with Gasteiger partial charge in [-0.05, 0) is 56.2 Å². The number of allylic oxidation sites excluding steroid dienone is 1. The van der Waals surface area contributed by atoms with E-state index in [0.717, 1.165) is 28.9 Å². The molecule has 2 nitrogen and oxygen atoms in total. The summed E-state index contributed by atoms with van der Waals surface area (Å²) in [5, 5.41) is 10.3. The lowest BCUT2D eigenvalue weighted by molar-refractivity contribution is 0.140. The first-order valence-corrected chi connectivity index (χ1v) is 8.57. The highest BCUT2D eigenvalue weighted by Crippen LogP contribution is 2.39. The second-order valence-corrected chi connectivity index (χ2v) is 6.93. The maximum absolute atomic E-state index is 10.3. The molecule has 0 aliphatic carbocycles. The van der Waals surface area contributed by atoms with Crippen molar-refractivity contribution < 1.29 is 9.84 Å². The Balaban J connectivity index is 1.88. The maximum Gasteiger partial charge on any atom is 0.132 e. The highest BCUT2D eigenvalue weighted by atomic mass is 16.5. The number of benzene rings is 2. The molecule has 0 aromatic heterocycles. The molecule has 1 aliphatic rings. The quantitative estimate of drug-likeness (QED) is 0.543. The summed E-state index contributed by atoms with van der Waals surface area (Å²) in [6.45, 7) is 6.24. The van der Waals surface area contributed by atoms with Crippen LogP contribution >= 0.6 is 0 Å². The van der Waals surface area contributed by atoms with Crippen LogP contribution in [0.3, 0.4) is 0 Å². The molecule has 0 bridgehead atoms. The van der Waals surface area contributed by atoms with Crippen LogP contribution in [0, 0.1) is 0 Å². The Kier molecular flexibility index (Phi) is 4.80. The third kappa shape index (κ3) is 4.21. The molecular weight excluding hydrogens is 308 g/mol. The van der Waals surface area contributed by atoms with Gasteiger partial charge in [-0.25, -0.2) is 0 Å². The molecule has 0 radical (unpaired) electrons. The molecule has 0 saturated carbocycles. The highest BCUT2D eigenvalue weighted by Gasteiger charge is 2.27. The van der Waals surface area contributed by atoms with Gasteiger partial charge < -0.3 is 9.84 Å². The molecule has 3 rings (SSSR count). The summed E-state index contributed by atoms with van der Waals surface area (Å²) in [6.07, 6.45) is 11.0. The summed E-state index contributed by atoms with van der Waals surface area (Å²) in [4.78, 5) is 0. The van der Waals surface area contributed by atoms with E-state index >= 15 is 0 Å². The Morgan fingerprint density at radius 1 is 1.08 bits per heavy atom.